The molecule has 0 radical (unpaired) electrons. The summed E-state index contributed by atoms with van der Waals surface area (Å²) in [5, 5.41) is 0.580. The van der Waals surface area contributed by atoms with E-state index in [4.69, 9.17) is 20.9 Å². The molecule has 1 heterocycles. The number of halogens is 1. The molecule has 78 valence electrons. The molecule has 1 aliphatic heterocycles. The first-order chi connectivity index (χ1) is 7.84. The lowest BCUT2D eigenvalue weighted by atomic mass is 9.79. The highest BCUT2D eigenvalue weighted by atomic mass is 35.5. The molecule has 0 fully saturated rings. The molecule has 16 heavy (non-hydrogen) atoms. The van der Waals surface area contributed by atoms with Crippen molar-refractivity contribution in [1.29, 1.82) is 0 Å². The van der Waals surface area contributed by atoms with Crippen LogP contribution in [0.5, 0.6) is 11.5 Å². The van der Waals surface area contributed by atoms with Crippen LogP contribution in [0.4, 0.5) is 0 Å². The van der Waals surface area contributed by atoms with Gasteiger partial charge in [-0.1, -0.05) is 48.0 Å². The topological polar surface area (TPSA) is 18.5 Å². The lowest BCUT2D eigenvalue weighted by Gasteiger charge is -2.03. The van der Waals surface area contributed by atoms with Gasteiger partial charge in [-0.2, -0.15) is 0 Å². The van der Waals surface area contributed by atoms with E-state index in [1.54, 1.807) is 6.07 Å². The van der Waals surface area contributed by atoms with Gasteiger partial charge < -0.3 is 9.31 Å². The average molecular weight is 230 g/mol. The number of para-hydroxylation sites is 1. The maximum absolute atomic E-state index is 6.02. The molecule has 0 aromatic heterocycles. The SMILES string of the molecule is Clc1cccc2c1OB(c1ccccc1)O2. The van der Waals surface area contributed by atoms with Crippen molar-refractivity contribution in [3.8, 4) is 11.5 Å². The molecular weight excluding hydrogens is 222 g/mol. The fourth-order valence-electron chi connectivity index (χ4n) is 1.69. The summed E-state index contributed by atoms with van der Waals surface area (Å²) in [6.07, 6.45) is 0. The molecule has 1 aliphatic rings. The second-order valence-electron chi connectivity index (χ2n) is 3.55. The third kappa shape index (κ3) is 1.53. The van der Waals surface area contributed by atoms with Crippen LogP contribution in [0.2, 0.25) is 5.02 Å². The standard InChI is InChI=1S/C12H8BClO2/c14-10-7-4-8-11-12(10)16-13(15-11)9-5-2-1-3-6-9/h1-8H. The van der Waals surface area contributed by atoms with E-state index >= 15 is 0 Å². The minimum absolute atomic E-state index is 0.393. The van der Waals surface area contributed by atoms with Crippen molar-refractivity contribution in [2.24, 2.45) is 0 Å². The lowest BCUT2D eigenvalue weighted by Crippen LogP contribution is -2.38. The first-order valence-electron chi connectivity index (χ1n) is 5.01. The summed E-state index contributed by atoms with van der Waals surface area (Å²) in [6, 6.07) is 15.3. The number of hydrogen-bond acceptors (Lipinski definition) is 2. The Balaban J connectivity index is 1.94. The van der Waals surface area contributed by atoms with Gasteiger partial charge in [0.2, 0.25) is 0 Å². The molecular formula is C12H8BClO2. The molecule has 0 spiro atoms. The zero-order valence-corrected chi connectivity index (χ0v) is 9.15. The zero-order chi connectivity index (χ0) is 11.0. The summed E-state index contributed by atoms with van der Waals surface area (Å²) in [5.41, 5.74) is 0.981. The van der Waals surface area contributed by atoms with E-state index in [2.05, 4.69) is 0 Å². The van der Waals surface area contributed by atoms with Crippen LogP contribution in [-0.4, -0.2) is 7.12 Å². The summed E-state index contributed by atoms with van der Waals surface area (Å²) in [7, 11) is -0.393. The molecule has 4 heteroatoms. The fraction of sp³-hybridized carbons (Fsp3) is 0. The minimum Gasteiger partial charge on any atom is -0.519 e. The second-order valence-corrected chi connectivity index (χ2v) is 3.95. The van der Waals surface area contributed by atoms with Gasteiger partial charge in [0.05, 0.1) is 5.02 Å². The number of rotatable bonds is 1. The van der Waals surface area contributed by atoms with Crippen LogP contribution < -0.4 is 14.8 Å². The van der Waals surface area contributed by atoms with E-state index in [0.717, 1.165) is 5.46 Å². The van der Waals surface area contributed by atoms with E-state index < -0.39 is 7.12 Å². The molecule has 2 aromatic rings. The highest BCUT2D eigenvalue weighted by molar-refractivity contribution is 6.63. The van der Waals surface area contributed by atoms with Gasteiger partial charge in [0.15, 0.2) is 5.75 Å². The van der Waals surface area contributed by atoms with Gasteiger partial charge in [-0.15, -0.1) is 0 Å². The Bertz CT molecular complexity index is 516. The number of benzene rings is 2. The van der Waals surface area contributed by atoms with Gasteiger partial charge in [-0.25, -0.2) is 0 Å². The molecule has 0 N–H and O–H groups in total. The molecule has 0 saturated carbocycles. The van der Waals surface area contributed by atoms with Crippen LogP contribution in [0.15, 0.2) is 48.5 Å². The Kier molecular flexibility index (Phi) is 2.26. The van der Waals surface area contributed by atoms with E-state index in [-0.39, 0.29) is 0 Å². The zero-order valence-electron chi connectivity index (χ0n) is 8.39. The maximum atomic E-state index is 6.02. The average Bonchev–Trinajstić information content (AvgIpc) is 2.76. The maximum Gasteiger partial charge on any atom is 0.632 e. The largest absolute Gasteiger partial charge is 0.632 e. The Morgan fingerprint density at radius 2 is 1.69 bits per heavy atom. The first kappa shape index (κ1) is 9.61. The second kappa shape index (κ2) is 3.76. The Morgan fingerprint density at radius 3 is 2.44 bits per heavy atom. The molecule has 0 atom stereocenters. The van der Waals surface area contributed by atoms with E-state index in [0.29, 0.717) is 16.5 Å². The van der Waals surface area contributed by atoms with Gasteiger partial charge in [0, 0.05) is 5.46 Å². The first-order valence-corrected chi connectivity index (χ1v) is 5.39. The Hall–Kier alpha value is -1.61. The van der Waals surface area contributed by atoms with Crippen LogP contribution in [0.3, 0.4) is 0 Å². The molecule has 0 bridgehead atoms. The van der Waals surface area contributed by atoms with Crippen molar-refractivity contribution in [3.63, 3.8) is 0 Å². The van der Waals surface area contributed by atoms with Crippen LogP contribution in [0.1, 0.15) is 0 Å². The summed E-state index contributed by atoms with van der Waals surface area (Å²) >= 11 is 6.02. The lowest BCUT2D eigenvalue weighted by molar-refractivity contribution is 0.519. The summed E-state index contributed by atoms with van der Waals surface area (Å²) in [5.74, 6) is 1.32. The summed E-state index contributed by atoms with van der Waals surface area (Å²) < 4.78 is 11.3. The van der Waals surface area contributed by atoms with Gasteiger partial charge in [-0.05, 0) is 12.1 Å². The smallest absolute Gasteiger partial charge is 0.519 e. The van der Waals surface area contributed by atoms with E-state index in [9.17, 15) is 0 Å². The molecule has 0 unspecified atom stereocenters. The highest BCUT2D eigenvalue weighted by Crippen LogP contribution is 2.39. The molecule has 0 aliphatic carbocycles. The van der Waals surface area contributed by atoms with Gasteiger partial charge in [0.25, 0.3) is 0 Å². The number of fused-ring (bicyclic) bond motifs is 1. The third-order valence-corrected chi connectivity index (χ3v) is 2.76. The van der Waals surface area contributed by atoms with Crippen molar-refractivity contribution in [2.45, 2.75) is 0 Å². The number of hydrogen-bond donors (Lipinski definition) is 0. The monoisotopic (exact) mass is 230 g/mol. The van der Waals surface area contributed by atoms with Crippen molar-refractivity contribution in [3.05, 3.63) is 53.6 Å². The van der Waals surface area contributed by atoms with Crippen LogP contribution >= 0.6 is 11.6 Å². The van der Waals surface area contributed by atoms with E-state index in [1.165, 1.54) is 0 Å². The minimum atomic E-state index is -0.393. The van der Waals surface area contributed by atoms with Gasteiger partial charge >= 0.3 is 7.12 Å². The van der Waals surface area contributed by atoms with Crippen molar-refractivity contribution < 1.29 is 9.31 Å². The van der Waals surface area contributed by atoms with Crippen molar-refractivity contribution >= 4 is 24.2 Å². The quantitative estimate of drug-likeness (QED) is 0.701. The third-order valence-electron chi connectivity index (χ3n) is 2.46. The predicted octanol–water partition coefficient (Wildman–Crippen LogP) is 2.51. The van der Waals surface area contributed by atoms with Crippen LogP contribution in [0.25, 0.3) is 0 Å². The predicted molar refractivity (Wildman–Crippen MR) is 64.5 cm³/mol. The Labute approximate surface area is 98.9 Å². The van der Waals surface area contributed by atoms with Gasteiger partial charge in [-0.3, -0.25) is 0 Å². The summed E-state index contributed by atoms with van der Waals surface area (Å²) in [4.78, 5) is 0. The van der Waals surface area contributed by atoms with Crippen molar-refractivity contribution in [2.75, 3.05) is 0 Å². The van der Waals surface area contributed by atoms with Crippen LogP contribution in [-0.2, 0) is 0 Å². The van der Waals surface area contributed by atoms with Gasteiger partial charge in [0.1, 0.15) is 5.75 Å². The van der Waals surface area contributed by atoms with Crippen molar-refractivity contribution in [1.82, 2.24) is 0 Å². The normalized spacial score (nSPS) is 12.9. The van der Waals surface area contributed by atoms with Crippen LogP contribution in [0, 0.1) is 0 Å². The molecule has 2 aromatic carbocycles. The Morgan fingerprint density at radius 1 is 0.875 bits per heavy atom. The molecule has 2 nitrogen and oxygen atoms in total. The fourth-order valence-corrected chi connectivity index (χ4v) is 1.90. The summed E-state index contributed by atoms with van der Waals surface area (Å²) in [6.45, 7) is 0. The van der Waals surface area contributed by atoms with E-state index in [1.807, 2.05) is 42.5 Å². The highest BCUT2D eigenvalue weighted by Gasteiger charge is 2.34. The molecule has 0 saturated heterocycles. The molecule has 3 rings (SSSR count). The molecule has 0 amide bonds.